The number of thioether (sulfide) groups is 1. The monoisotopic (exact) mass is 415 g/mol. The van der Waals surface area contributed by atoms with E-state index in [1.165, 1.54) is 38.5 Å². The molecule has 4 nitrogen and oxygen atoms in total. The van der Waals surface area contributed by atoms with Gasteiger partial charge in [0.15, 0.2) is 0 Å². The van der Waals surface area contributed by atoms with Crippen molar-refractivity contribution in [3.63, 3.8) is 0 Å². The van der Waals surface area contributed by atoms with Crippen LogP contribution in [0, 0.1) is 5.92 Å². The van der Waals surface area contributed by atoms with Gasteiger partial charge < -0.3 is 4.42 Å². The van der Waals surface area contributed by atoms with Gasteiger partial charge in [0.05, 0.1) is 16.8 Å². The number of fused-ring (bicyclic) bond motifs is 1. The summed E-state index contributed by atoms with van der Waals surface area (Å²) in [6, 6.07) is 20.4. The first-order chi connectivity index (χ1) is 14.9. The largest absolute Gasteiger partial charge is 0.411 e. The summed E-state index contributed by atoms with van der Waals surface area (Å²) in [5, 5.41) is 10.4. The molecule has 0 amide bonds. The van der Waals surface area contributed by atoms with Gasteiger partial charge in [-0.2, -0.15) is 0 Å². The molecule has 0 atom stereocenters. The van der Waals surface area contributed by atoms with Crippen molar-refractivity contribution < 1.29 is 4.42 Å². The molecule has 0 saturated heterocycles. The number of hydrogen-bond acceptors (Lipinski definition) is 5. The Labute approximate surface area is 181 Å². The summed E-state index contributed by atoms with van der Waals surface area (Å²) in [6.45, 7) is 0. The fourth-order valence-corrected chi connectivity index (χ4v) is 5.14. The standard InChI is InChI=1S/C25H25N3OS/c1-3-9-18(10-4-1)15-16-30-25-28-27-24(29-25)21-17-23(19-11-5-2-6-12-19)26-22-14-8-7-13-20(21)22/h2,5-8,11-14,17-18H,1,3-4,9-10,15-16H2. The van der Waals surface area contributed by atoms with E-state index in [0.717, 1.165) is 39.4 Å². The van der Waals surface area contributed by atoms with Crippen LogP contribution in [0.2, 0.25) is 0 Å². The first-order valence-electron chi connectivity index (χ1n) is 10.8. The topological polar surface area (TPSA) is 51.8 Å². The Kier molecular flexibility index (Phi) is 5.80. The lowest BCUT2D eigenvalue weighted by atomic mass is 9.88. The molecule has 1 fully saturated rings. The van der Waals surface area contributed by atoms with Crippen LogP contribution in [0.5, 0.6) is 0 Å². The maximum Gasteiger partial charge on any atom is 0.276 e. The van der Waals surface area contributed by atoms with Crippen molar-refractivity contribution in [1.82, 2.24) is 15.2 Å². The number of hydrogen-bond donors (Lipinski definition) is 0. The summed E-state index contributed by atoms with van der Waals surface area (Å²) >= 11 is 1.68. The third-order valence-electron chi connectivity index (χ3n) is 5.90. The average Bonchev–Trinajstić information content (AvgIpc) is 3.28. The van der Waals surface area contributed by atoms with Gasteiger partial charge in [-0.1, -0.05) is 92.4 Å². The molecule has 0 aliphatic heterocycles. The molecule has 0 N–H and O–H groups in total. The Morgan fingerprint density at radius 1 is 0.900 bits per heavy atom. The third kappa shape index (κ3) is 4.26. The summed E-state index contributed by atoms with van der Waals surface area (Å²) in [6.07, 6.45) is 8.17. The molecule has 2 aromatic carbocycles. The normalized spacial score (nSPS) is 14.9. The SMILES string of the molecule is c1ccc(-c2cc(-c3nnc(SCCC4CCCCC4)o3)c3ccccc3n2)cc1. The van der Waals surface area contributed by atoms with E-state index in [1.807, 2.05) is 36.4 Å². The summed E-state index contributed by atoms with van der Waals surface area (Å²) in [4.78, 5) is 4.84. The van der Waals surface area contributed by atoms with E-state index in [9.17, 15) is 0 Å². The van der Waals surface area contributed by atoms with Crippen LogP contribution < -0.4 is 0 Å². The Morgan fingerprint density at radius 3 is 2.57 bits per heavy atom. The first-order valence-corrected chi connectivity index (χ1v) is 11.8. The number of nitrogens with zero attached hydrogens (tertiary/aromatic N) is 3. The maximum atomic E-state index is 6.07. The number of benzene rings is 2. The predicted octanol–water partition coefficient (Wildman–Crippen LogP) is 7.01. The molecule has 0 bridgehead atoms. The highest BCUT2D eigenvalue weighted by atomic mass is 32.2. The average molecular weight is 416 g/mol. The quantitative estimate of drug-likeness (QED) is 0.317. The highest BCUT2D eigenvalue weighted by molar-refractivity contribution is 7.99. The van der Waals surface area contributed by atoms with Crippen LogP contribution in [0.15, 0.2) is 70.3 Å². The van der Waals surface area contributed by atoms with Crippen molar-refractivity contribution in [2.45, 2.75) is 43.7 Å². The van der Waals surface area contributed by atoms with Crippen molar-refractivity contribution in [2.24, 2.45) is 5.92 Å². The predicted molar refractivity (Wildman–Crippen MR) is 122 cm³/mol. The fourth-order valence-electron chi connectivity index (χ4n) is 4.27. The van der Waals surface area contributed by atoms with Crippen LogP contribution in [-0.2, 0) is 0 Å². The molecule has 4 aromatic rings. The van der Waals surface area contributed by atoms with Crippen molar-refractivity contribution in [2.75, 3.05) is 5.75 Å². The molecule has 5 rings (SSSR count). The molecular weight excluding hydrogens is 390 g/mol. The molecule has 1 saturated carbocycles. The second kappa shape index (κ2) is 9.00. The summed E-state index contributed by atoms with van der Waals surface area (Å²) < 4.78 is 6.07. The van der Waals surface area contributed by atoms with Gasteiger partial charge in [-0.15, -0.1) is 10.2 Å². The summed E-state index contributed by atoms with van der Waals surface area (Å²) in [7, 11) is 0. The molecular formula is C25H25N3OS. The molecule has 1 aliphatic rings. The highest BCUT2D eigenvalue weighted by Crippen LogP contribution is 2.33. The van der Waals surface area contributed by atoms with Crippen LogP contribution in [0.3, 0.4) is 0 Å². The number of pyridine rings is 1. The lowest BCUT2D eigenvalue weighted by Crippen LogP contribution is -2.06. The molecule has 152 valence electrons. The Hall–Kier alpha value is -2.66. The molecule has 0 spiro atoms. The maximum absolute atomic E-state index is 6.07. The zero-order valence-electron chi connectivity index (χ0n) is 17.0. The highest BCUT2D eigenvalue weighted by Gasteiger charge is 2.17. The van der Waals surface area contributed by atoms with Crippen molar-refractivity contribution in [1.29, 1.82) is 0 Å². The number of aromatic nitrogens is 3. The molecule has 0 radical (unpaired) electrons. The molecule has 5 heteroatoms. The Balaban J connectivity index is 1.40. The second-order valence-corrected chi connectivity index (χ2v) is 9.00. The smallest absolute Gasteiger partial charge is 0.276 e. The van der Waals surface area contributed by atoms with Gasteiger partial charge in [-0.3, -0.25) is 0 Å². The summed E-state index contributed by atoms with van der Waals surface area (Å²) in [5.74, 6) is 2.47. The van der Waals surface area contributed by atoms with Crippen LogP contribution in [-0.4, -0.2) is 20.9 Å². The van der Waals surface area contributed by atoms with E-state index in [0.29, 0.717) is 11.1 Å². The van der Waals surface area contributed by atoms with Gasteiger partial charge in [0, 0.05) is 16.7 Å². The van der Waals surface area contributed by atoms with Crippen LogP contribution in [0.4, 0.5) is 0 Å². The lowest BCUT2D eigenvalue weighted by Gasteiger charge is -2.20. The number of rotatable bonds is 6. The van der Waals surface area contributed by atoms with Crippen LogP contribution >= 0.6 is 11.8 Å². The van der Waals surface area contributed by atoms with Crippen molar-refractivity contribution >= 4 is 22.7 Å². The zero-order chi connectivity index (χ0) is 20.2. The van der Waals surface area contributed by atoms with E-state index in [4.69, 9.17) is 9.40 Å². The van der Waals surface area contributed by atoms with E-state index in [2.05, 4.69) is 34.5 Å². The molecule has 0 unspecified atom stereocenters. The molecule has 2 heterocycles. The third-order valence-corrected chi connectivity index (χ3v) is 6.75. The van der Waals surface area contributed by atoms with Gasteiger partial charge >= 0.3 is 0 Å². The minimum Gasteiger partial charge on any atom is -0.411 e. The van der Waals surface area contributed by atoms with E-state index in [1.54, 1.807) is 11.8 Å². The second-order valence-electron chi connectivity index (χ2n) is 7.95. The molecule has 1 aliphatic carbocycles. The van der Waals surface area contributed by atoms with Crippen molar-refractivity contribution in [3.8, 4) is 22.7 Å². The fraction of sp³-hybridized carbons (Fsp3) is 0.320. The minimum atomic E-state index is 0.561. The molecule has 2 aromatic heterocycles. The van der Waals surface area contributed by atoms with E-state index < -0.39 is 0 Å². The van der Waals surface area contributed by atoms with Gasteiger partial charge in [0.1, 0.15) is 0 Å². The minimum absolute atomic E-state index is 0.561. The molecule has 30 heavy (non-hydrogen) atoms. The van der Waals surface area contributed by atoms with Gasteiger partial charge in [-0.05, 0) is 24.5 Å². The van der Waals surface area contributed by atoms with Gasteiger partial charge in [0.2, 0.25) is 5.89 Å². The van der Waals surface area contributed by atoms with Gasteiger partial charge in [-0.25, -0.2) is 4.98 Å². The van der Waals surface area contributed by atoms with Gasteiger partial charge in [0.25, 0.3) is 5.22 Å². The van der Waals surface area contributed by atoms with Crippen LogP contribution in [0.1, 0.15) is 38.5 Å². The zero-order valence-corrected chi connectivity index (χ0v) is 17.8. The Morgan fingerprint density at radius 2 is 1.70 bits per heavy atom. The van der Waals surface area contributed by atoms with Crippen molar-refractivity contribution in [3.05, 3.63) is 60.7 Å². The van der Waals surface area contributed by atoms with Crippen LogP contribution in [0.25, 0.3) is 33.6 Å². The lowest BCUT2D eigenvalue weighted by molar-refractivity contribution is 0.351. The van der Waals surface area contributed by atoms with E-state index in [-0.39, 0.29) is 0 Å². The van der Waals surface area contributed by atoms with E-state index >= 15 is 0 Å². The first kappa shape index (κ1) is 19.3. The number of para-hydroxylation sites is 1. The summed E-state index contributed by atoms with van der Waals surface area (Å²) in [5.41, 5.74) is 3.85. The Bertz CT molecular complexity index is 1120.